The molecule has 0 saturated heterocycles. The van der Waals surface area contributed by atoms with Crippen molar-refractivity contribution in [3.8, 4) is 5.75 Å². The molecule has 2 atom stereocenters. The Bertz CT molecular complexity index is 437. The van der Waals surface area contributed by atoms with E-state index in [-0.39, 0.29) is 0 Å². The van der Waals surface area contributed by atoms with Crippen molar-refractivity contribution in [1.29, 1.82) is 0 Å². The van der Waals surface area contributed by atoms with E-state index in [4.69, 9.17) is 10.5 Å². The van der Waals surface area contributed by atoms with E-state index in [9.17, 15) is 0 Å². The first-order chi connectivity index (χ1) is 9.29. The zero-order valence-electron chi connectivity index (χ0n) is 11.9. The summed E-state index contributed by atoms with van der Waals surface area (Å²) in [5.41, 5.74) is 9.45. The summed E-state index contributed by atoms with van der Waals surface area (Å²) < 4.78 is 5.41. The number of rotatable bonds is 2. The van der Waals surface area contributed by atoms with Crippen molar-refractivity contribution >= 4 is 0 Å². The molecular formula is C17H25NO. The van der Waals surface area contributed by atoms with E-state index in [1.54, 1.807) is 7.11 Å². The monoisotopic (exact) mass is 259 g/mol. The van der Waals surface area contributed by atoms with Crippen LogP contribution in [0.5, 0.6) is 5.75 Å². The van der Waals surface area contributed by atoms with Gasteiger partial charge in [-0.1, -0.05) is 25.3 Å². The van der Waals surface area contributed by atoms with Crippen LogP contribution in [0.2, 0.25) is 0 Å². The third-order valence-corrected chi connectivity index (χ3v) is 5.08. The zero-order chi connectivity index (χ0) is 13.2. The standard InChI is InChI=1S/C17H25NO/c1-19-14-9-7-12-8-10-16(18)17(15(12)11-14)13-5-3-2-4-6-13/h7,9,11,13,16-17H,2-6,8,10,18H2,1H3. The minimum Gasteiger partial charge on any atom is -0.497 e. The van der Waals surface area contributed by atoms with E-state index in [2.05, 4.69) is 18.2 Å². The van der Waals surface area contributed by atoms with Gasteiger partial charge >= 0.3 is 0 Å². The fourth-order valence-corrected chi connectivity index (χ4v) is 4.07. The highest BCUT2D eigenvalue weighted by molar-refractivity contribution is 5.41. The van der Waals surface area contributed by atoms with Crippen LogP contribution in [0.15, 0.2) is 18.2 Å². The molecule has 104 valence electrons. The van der Waals surface area contributed by atoms with Crippen molar-refractivity contribution < 1.29 is 4.74 Å². The summed E-state index contributed by atoms with van der Waals surface area (Å²) in [5, 5.41) is 0. The number of aryl methyl sites for hydroxylation is 1. The first kappa shape index (κ1) is 13.0. The lowest BCUT2D eigenvalue weighted by atomic mass is 9.68. The lowest BCUT2D eigenvalue weighted by Crippen LogP contribution is -2.38. The molecule has 3 rings (SSSR count). The largest absolute Gasteiger partial charge is 0.497 e. The van der Waals surface area contributed by atoms with E-state index >= 15 is 0 Å². The number of nitrogens with two attached hydrogens (primary N) is 1. The fraction of sp³-hybridized carbons (Fsp3) is 0.647. The number of hydrogen-bond donors (Lipinski definition) is 1. The highest BCUT2D eigenvalue weighted by Crippen LogP contribution is 2.43. The summed E-state index contributed by atoms with van der Waals surface area (Å²) in [7, 11) is 1.75. The van der Waals surface area contributed by atoms with E-state index in [0.29, 0.717) is 12.0 Å². The van der Waals surface area contributed by atoms with Crippen molar-refractivity contribution in [1.82, 2.24) is 0 Å². The smallest absolute Gasteiger partial charge is 0.119 e. The fourth-order valence-electron chi connectivity index (χ4n) is 4.07. The van der Waals surface area contributed by atoms with Gasteiger partial charge in [0.15, 0.2) is 0 Å². The Kier molecular flexibility index (Phi) is 3.79. The highest BCUT2D eigenvalue weighted by Gasteiger charge is 2.34. The summed E-state index contributed by atoms with van der Waals surface area (Å²) in [6.07, 6.45) is 9.15. The number of methoxy groups -OCH3 is 1. The van der Waals surface area contributed by atoms with Crippen LogP contribution in [0.3, 0.4) is 0 Å². The summed E-state index contributed by atoms with van der Waals surface area (Å²) in [6.45, 7) is 0. The van der Waals surface area contributed by atoms with E-state index in [0.717, 1.165) is 24.5 Å². The Morgan fingerprint density at radius 2 is 1.89 bits per heavy atom. The normalized spacial score (nSPS) is 27.9. The maximum absolute atomic E-state index is 6.48. The zero-order valence-corrected chi connectivity index (χ0v) is 11.9. The van der Waals surface area contributed by atoms with Crippen LogP contribution in [-0.4, -0.2) is 13.2 Å². The first-order valence-electron chi connectivity index (χ1n) is 7.72. The molecule has 0 spiro atoms. The van der Waals surface area contributed by atoms with Crippen molar-refractivity contribution in [2.75, 3.05) is 7.11 Å². The molecule has 0 aromatic heterocycles. The molecule has 2 aliphatic rings. The van der Waals surface area contributed by atoms with Gasteiger partial charge < -0.3 is 10.5 Å². The quantitative estimate of drug-likeness (QED) is 0.880. The lowest BCUT2D eigenvalue weighted by molar-refractivity contribution is 0.261. The van der Waals surface area contributed by atoms with Crippen LogP contribution in [0.4, 0.5) is 0 Å². The molecule has 0 radical (unpaired) electrons. The predicted octanol–water partition coefficient (Wildman–Crippen LogP) is 3.63. The maximum Gasteiger partial charge on any atom is 0.119 e. The minimum absolute atomic E-state index is 0.336. The number of fused-ring (bicyclic) bond motifs is 1. The van der Waals surface area contributed by atoms with Gasteiger partial charge in [-0.3, -0.25) is 0 Å². The number of ether oxygens (including phenoxy) is 1. The van der Waals surface area contributed by atoms with E-state index in [1.165, 1.54) is 43.2 Å². The molecule has 0 amide bonds. The van der Waals surface area contributed by atoms with Crippen molar-refractivity contribution in [2.24, 2.45) is 11.7 Å². The molecule has 2 nitrogen and oxygen atoms in total. The Labute approximate surface area is 116 Å². The Balaban J connectivity index is 1.94. The molecule has 1 aromatic rings. The van der Waals surface area contributed by atoms with Gasteiger partial charge in [-0.15, -0.1) is 0 Å². The molecular weight excluding hydrogens is 234 g/mol. The second-order valence-corrected chi connectivity index (χ2v) is 6.19. The molecule has 1 aromatic carbocycles. The van der Waals surface area contributed by atoms with Gasteiger partial charge in [0.05, 0.1) is 7.11 Å². The molecule has 19 heavy (non-hydrogen) atoms. The Hall–Kier alpha value is -1.02. The average molecular weight is 259 g/mol. The molecule has 2 unspecified atom stereocenters. The topological polar surface area (TPSA) is 35.2 Å². The van der Waals surface area contributed by atoms with Crippen molar-refractivity contribution in [3.63, 3.8) is 0 Å². The maximum atomic E-state index is 6.48. The third kappa shape index (κ3) is 2.51. The third-order valence-electron chi connectivity index (χ3n) is 5.08. The van der Waals surface area contributed by atoms with E-state index < -0.39 is 0 Å². The van der Waals surface area contributed by atoms with Crippen LogP contribution >= 0.6 is 0 Å². The Morgan fingerprint density at radius 1 is 1.11 bits per heavy atom. The number of hydrogen-bond acceptors (Lipinski definition) is 2. The van der Waals surface area contributed by atoms with Crippen LogP contribution in [0.25, 0.3) is 0 Å². The summed E-state index contributed by atoms with van der Waals surface area (Å²) in [4.78, 5) is 0. The van der Waals surface area contributed by atoms with Crippen molar-refractivity contribution in [3.05, 3.63) is 29.3 Å². The second kappa shape index (κ2) is 5.54. The van der Waals surface area contributed by atoms with Gasteiger partial charge in [0.2, 0.25) is 0 Å². The summed E-state index contributed by atoms with van der Waals surface area (Å²) in [5.74, 6) is 2.32. The summed E-state index contributed by atoms with van der Waals surface area (Å²) in [6, 6.07) is 6.92. The molecule has 1 saturated carbocycles. The predicted molar refractivity (Wildman–Crippen MR) is 78.6 cm³/mol. The molecule has 2 aliphatic carbocycles. The minimum atomic E-state index is 0.336. The van der Waals surface area contributed by atoms with Crippen LogP contribution in [-0.2, 0) is 6.42 Å². The van der Waals surface area contributed by atoms with Gasteiger partial charge in [0, 0.05) is 12.0 Å². The molecule has 0 aliphatic heterocycles. The molecule has 2 N–H and O–H groups in total. The molecule has 0 heterocycles. The average Bonchev–Trinajstić information content (AvgIpc) is 2.47. The summed E-state index contributed by atoms with van der Waals surface area (Å²) >= 11 is 0. The van der Waals surface area contributed by atoms with E-state index in [1.807, 2.05) is 0 Å². The highest BCUT2D eigenvalue weighted by atomic mass is 16.5. The Morgan fingerprint density at radius 3 is 2.63 bits per heavy atom. The second-order valence-electron chi connectivity index (χ2n) is 6.19. The SMILES string of the molecule is COc1ccc2c(c1)C(C1CCCCC1)C(N)CC2. The van der Waals surface area contributed by atoms with Gasteiger partial charge in [-0.25, -0.2) is 0 Å². The molecule has 1 fully saturated rings. The lowest BCUT2D eigenvalue weighted by Gasteiger charge is -2.39. The van der Waals surface area contributed by atoms with Crippen LogP contribution < -0.4 is 10.5 Å². The van der Waals surface area contributed by atoms with Gasteiger partial charge in [0.1, 0.15) is 5.75 Å². The number of benzene rings is 1. The van der Waals surface area contributed by atoms with Gasteiger partial charge in [0.25, 0.3) is 0 Å². The van der Waals surface area contributed by atoms with Crippen LogP contribution in [0, 0.1) is 5.92 Å². The first-order valence-corrected chi connectivity index (χ1v) is 7.72. The van der Waals surface area contributed by atoms with Gasteiger partial charge in [-0.2, -0.15) is 0 Å². The molecule has 2 heteroatoms. The van der Waals surface area contributed by atoms with Crippen molar-refractivity contribution in [2.45, 2.75) is 56.9 Å². The molecule has 0 bridgehead atoms. The van der Waals surface area contributed by atoms with Gasteiger partial charge in [-0.05, 0) is 54.9 Å². The van der Waals surface area contributed by atoms with Crippen LogP contribution in [0.1, 0.15) is 55.6 Å².